The molecule has 10 nitrogen and oxygen atoms in total. The zero-order valence-electron chi connectivity index (χ0n) is 11.4. The Hall–Kier alpha value is -3.03. The average molecular weight is 369 g/mol. The van der Waals surface area contributed by atoms with Crippen molar-refractivity contribution in [3.05, 3.63) is 23.8 Å². The van der Waals surface area contributed by atoms with Gasteiger partial charge in [0.25, 0.3) is 10.0 Å². The van der Waals surface area contributed by atoms with Crippen molar-refractivity contribution in [2.75, 3.05) is 0 Å². The fourth-order valence-corrected chi connectivity index (χ4v) is 2.56. The predicted octanol–water partition coefficient (Wildman–Crippen LogP) is 0.00197. The predicted molar refractivity (Wildman–Crippen MR) is 72.4 cm³/mol. The van der Waals surface area contributed by atoms with Crippen LogP contribution >= 0.6 is 0 Å². The van der Waals surface area contributed by atoms with Crippen LogP contribution in [0.5, 0.6) is 5.75 Å². The number of rotatable bonds is 2. The van der Waals surface area contributed by atoms with E-state index in [9.17, 15) is 31.2 Å². The van der Waals surface area contributed by atoms with Crippen LogP contribution in [-0.4, -0.2) is 31.5 Å². The number of alkyl halides is 3. The number of aromatic hydroxyl groups is 1. The van der Waals surface area contributed by atoms with Crippen LogP contribution in [0.15, 0.2) is 23.1 Å². The first kappa shape index (κ1) is 19.0. The summed E-state index contributed by atoms with van der Waals surface area (Å²) in [5.74, 6) is -1.84. The van der Waals surface area contributed by atoms with Gasteiger partial charge in [0.2, 0.25) is 5.96 Å². The summed E-state index contributed by atoms with van der Waals surface area (Å²) in [7, 11) is -5.00. The van der Waals surface area contributed by atoms with E-state index in [4.69, 9.17) is 10.5 Å². The van der Waals surface area contributed by atoms with E-state index in [0.29, 0.717) is 12.1 Å². The summed E-state index contributed by atoms with van der Waals surface area (Å²) in [5.41, 5.74) is 2.94. The fraction of sp³-hybridized carbons (Fsp3) is 0.100. The number of benzene rings is 1. The first-order chi connectivity index (χ1) is 10.8. The van der Waals surface area contributed by atoms with Crippen LogP contribution in [0, 0.1) is 5.41 Å². The minimum Gasteiger partial charge on any atom is -0.508 e. The summed E-state index contributed by atoms with van der Waals surface area (Å²) in [6.07, 6.45) is -5.13. The minimum atomic E-state index is -5.13. The molecule has 0 saturated carbocycles. The molecule has 0 aliphatic carbocycles. The Morgan fingerprint density at radius 3 is 2.29 bits per heavy atom. The van der Waals surface area contributed by atoms with E-state index in [1.54, 1.807) is 5.32 Å². The molecule has 14 heteroatoms. The van der Waals surface area contributed by atoms with Crippen LogP contribution in [0.1, 0.15) is 5.56 Å². The molecule has 4 amide bonds. The highest BCUT2D eigenvalue weighted by Gasteiger charge is 2.38. The molecule has 24 heavy (non-hydrogen) atoms. The van der Waals surface area contributed by atoms with Crippen LogP contribution in [0.2, 0.25) is 0 Å². The lowest BCUT2D eigenvalue weighted by molar-refractivity contribution is -0.140. The molecule has 0 aliphatic heterocycles. The summed E-state index contributed by atoms with van der Waals surface area (Å²) < 4.78 is 63.5. The van der Waals surface area contributed by atoms with Crippen molar-refractivity contribution in [2.45, 2.75) is 11.1 Å². The van der Waals surface area contributed by atoms with Gasteiger partial charge in [-0.3, -0.25) is 16.0 Å². The molecular formula is C10H10F3N5O5S. The molecule has 0 saturated heterocycles. The van der Waals surface area contributed by atoms with Crippen molar-refractivity contribution in [3.63, 3.8) is 0 Å². The summed E-state index contributed by atoms with van der Waals surface area (Å²) in [6, 6.07) is -1.56. The van der Waals surface area contributed by atoms with Gasteiger partial charge < -0.3 is 10.8 Å². The van der Waals surface area contributed by atoms with Crippen molar-refractivity contribution < 1.29 is 36.3 Å². The molecule has 0 unspecified atom stereocenters. The number of carbonyl (C=O) groups excluding carboxylic acids is 2. The highest BCUT2D eigenvalue weighted by molar-refractivity contribution is 7.90. The van der Waals surface area contributed by atoms with E-state index in [0.717, 1.165) is 0 Å². The maximum atomic E-state index is 12.9. The third kappa shape index (κ3) is 5.01. The topological polar surface area (TPSA) is 174 Å². The van der Waals surface area contributed by atoms with E-state index in [1.807, 2.05) is 0 Å². The minimum absolute atomic E-state index is 0.170. The van der Waals surface area contributed by atoms with Crippen LogP contribution in [0.25, 0.3) is 0 Å². The van der Waals surface area contributed by atoms with Gasteiger partial charge in [0.05, 0.1) is 10.5 Å². The van der Waals surface area contributed by atoms with Gasteiger partial charge in [-0.2, -0.15) is 13.2 Å². The normalized spacial score (nSPS) is 11.5. The second-order valence-corrected chi connectivity index (χ2v) is 5.75. The summed E-state index contributed by atoms with van der Waals surface area (Å²) in [5, 5.41) is 19.2. The van der Waals surface area contributed by atoms with Crippen LogP contribution < -0.4 is 21.1 Å². The molecule has 1 aromatic carbocycles. The number of sulfonamides is 1. The summed E-state index contributed by atoms with van der Waals surface area (Å²) in [6.45, 7) is 0. The number of halogens is 3. The van der Waals surface area contributed by atoms with Crippen molar-refractivity contribution >= 4 is 28.0 Å². The molecule has 0 bridgehead atoms. The Morgan fingerprint density at radius 2 is 1.79 bits per heavy atom. The highest BCUT2D eigenvalue weighted by atomic mass is 32.2. The molecule has 0 aromatic heterocycles. The Kier molecular flexibility index (Phi) is 5.24. The monoisotopic (exact) mass is 369 g/mol. The number of hydrogen-bond donors (Lipinski definition) is 6. The van der Waals surface area contributed by atoms with Crippen molar-refractivity contribution in [2.24, 2.45) is 5.73 Å². The maximum absolute atomic E-state index is 12.9. The second kappa shape index (κ2) is 6.61. The molecular weight excluding hydrogens is 359 g/mol. The molecule has 1 aromatic rings. The molecule has 7 N–H and O–H groups in total. The lowest BCUT2D eigenvalue weighted by Gasteiger charge is -2.14. The number of nitrogens with two attached hydrogens (primary N) is 1. The van der Waals surface area contributed by atoms with Crippen molar-refractivity contribution in [1.29, 1.82) is 5.41 Å². The quantitative estimate of drug-likeness (QED) is 0.317. The molecule has 0 radical (unpaired) electrons. The maximum Gasteiger partial charge on any atom is 0.417 e. The van der Waals surface area contributed by atoms with Gasteiger partial charge in [0.15, 0.2) is 0 Å². The van der Waals surface area contributed by atoms with E-state index in [-0.39, 0.29) is 6.07 Å². The van der Waals surface area contributed by atoms with Gasteiger partial charge in [0, 0.05) is 0 Å². The van der Waals surface area contributed by atoms with Crippen LogP contribution in [0.4, 0.5) is 22.8 Å². The Bertz CT molecular complexity index is 793. The van der Waals surface area contributed by atoms with Gasteiger partial charge in [-0.05, 0) is 18.2 Å². The lowest BCUT2D eigenvalue weighted by Crippen LogP contribution is -2.49. The van der Waals surface area contributed by atoms with Gasteiger partial charge in [-0.15, -0.1) is 0 Å². The molecule has 0 heterocycles. The SMILES string of the molecule is N=C(NC(N)=O)NC(=O)NS(=O)(=O)c1ccc(O)cc1C(F)(F)F. The zero-order valence-corrected chi connectivity index (χ0v) is 12.2. The van der Waals surface area contributed by atoms with E-state index in [1.165, 1.54) is 10.0 Å². The number of phenols is 1. The van der Waals surface area contributed by atoms with Gasteiger partial charge in [-0.1, -0.05) is 0 Å². The first-order valence-corrected chi connectivity index (χ1v) is 7.20. The zero-order chi connectivity index (χ0) is 18.7. The third-order valence-corrected chi connectivity index (χ3v) is 3.66. The summed E-state index contributed by atoms with van der Waals surface area (Å²) >= 11 is 0. The Balaban J connectivity index is 3.08. The molecule has 0 spiro atoms. The highest BCUT2D eigenvalue weighted by Crippen LogP contribution is 2.36. The van der Waals surface area contributed by atoms with Crippen molar-refractivity contribution in [1.82, 2.24) is 15.4 Å². The molecule has 0 atom stereocenters. The van der Waals surface area contributed by atoms with E-state index in [2.05, 4.69) is 5.73 Å². The Labute approximate surface area is 132 Å². The number of amides is 4. The van der Waals surface area contributed by atoms with Gasteiger partial charge >= 0.3 is 18.2 Å². The van der Waals surface area contributed by atoms with E-state index < -0.39 is 50.4 Å². The van der Waals surface area contributed by atoms with Gasteiger partial charge in [-0.25, -0.2) is 22.7 Å². The van der Waals surface area contributed by atoms with E-state index >= 15 is 0 Å². The number of nitrogens with one attached hydrogen (secondary N) is 4. The Morgan fingerprint density at radius 1 is 1.21 bits per heavy atom. The number of carbonyl (C=O) groups is 2. The number of phenolic OH excluding ortho intramolecular Hbond substituents is 1. The largest absolute Gasteiger partial charge is 0.508 e. The standard InChI is InChI=1S/C10H10F3N5O5S/c11-10(12,13)5-3-4(19)1-2-6(5)24(22,23)18-9(21)17-7(14)16-8(15)20/h1-3,19H,(H6,14,15,16,17,18,20,21). The molecule has 0 fully saturated rings. The second-order valence-electron chi connectivity index (χ2n) is 4.10. The van der Waals surface area contributed by atoms with Crippen molar-refractivity contribution in [3.8, 4) is 5.75 Å². The number of urea groups is 2. The fourth-order valence-electron chi connectivity index (χ4n) is 1.44. The van der Waals surface area contributed by atoms with Crippen LogP contribution in [-0.2, 0) is 16.2 Å². The first-order valence-electron chi connectivity index (χ1n) is 5.72. The summed E-state index contributed by atoms with van der Waals surface area (Å²) in [4.78, 5) is 20.5. The number of primary amides is 1. The van der Waals surface area contributed by atoms with Crippen LogP contribution in [0.3, 0.4) is 0 Å². The number of hydrogen-bond acceptors (Lipinski definition) is 6. The molecule has 132 valence electrons. The molecule has 1 rings (SSSR count). The van der Waals surface area contributed by atoms with Gasteiger partial charge in [0.1, 0.15) is 5.75 Å². The smallest absolute Gasteiger partial charge is 0.417 e. The number of guanidine groups is 1. The molecule has 0 aliphatic rings. The third-order valence-electron chi connectivity index (χ3n) is 2.27. The average Bonchev–Trinajstić information content (AvgIpc) is 2.34. The lowest BCUT2D eigenvalue weighted by atomic mass is 10.2.